The molecule has 0 spiro atoms. The van der Waals surface area contributed by atoms with Crippen molar-refractivity contribution in [2.24, 2.45) is 0 Å². The van der Waals surface area contributed by atoms with Crippen molar-refractivity contribution in [3.05, 3.63) is 17.5 Å². The van der Waals surface area contributed by atoms with Gasteiger partial charge in [-0.25, -0.2) is 0 Å². The zero-order valence-corrected chi connectivity index (χ0v) is 8.81. The fraction of sp³-hybridized carbons (Fsp3) is 0.600. The molecule has 1 saturated heterocycles. The van der Waals surface area contributed by atoms with E-state index in [4.69, 9.17) is 0 Å². The fourth-order valence-electron chi connectivity index (χ4n) is 1.82. The van der Waals surface area contributed by atoms with Gasteiger partial charge in [0.15, 0.2) is 0 Å². The molecule has 3 heteroatoms. The van der Waals surface area contributed by atoms with Gasteiger partial charge in [0.05, 0.1) is 5.00 Å². The Morgan fingerprint density at radius 2 is 2.62 bits per heavy atom. The second-order valence-electron chi connectivity index (χ2n) is 3.63. The van der Waals surface area contributed by atoms with Crippen LogP contribution in [0.2, 0.25) is 0 Å². The second-order valence-corrected chi connectivity index (χ2v) is 4.55. The molecule has 0 amide bonds. The maximum Gasteiger partial charge on any atom is 0.0906 e. The van der Waals surface area contributed by atoms with Crippen molar-refractivity contribution < 1.29 is 0 Å². The van der Waals surface area contributed by atoms with Crippen molar-refractivity contribution in [2.45, 2.75) is 18.9 Å². The average molecular weight is 196 g/mol. The van der Waals surface area contributed by atoms with Crippen LogP contribution in [0.4, 0.5) is 5.00 Å². The molecule has 2 rings (SSSR count). The third kappa shape index (κ3) is 2.23. The highest BCUT2D eigenvalue weighted by Gasteiger charge is 2.16. The summed E-state index contributed by atoms with van der Waals surface area (Å²) in [7, 11) is 2.17. The molecule has 0 radical (unpaired) electrons. The van der Waals surface area contributed by atoms with E-state index in [1.807, 2.05) is 11.3 Å². The van der Waals surface area contributed by atoms with E-state index >= 15 is 0 Å². The van der Waals surface area contributed by atoms with Crippen LogP contribution < -0.4 is 10.2 Å². The van der Waals surface area contributed by atoms with Crippen LogP contribution >= 0.6 is 11.3 Å². The summed E-state index contributed by atoms with van der Waals surface area (Å²) >= 11 is 1.81. The lowest BCUT2D eigenvalue weighted by Crippen LogP contribution is -2.34. The topological polar surface area (TPSA) is 15.3 Å². The molecule has 0 saturated carbocycles. The Balaban J connectivity index is 1.87. The molecule has 1 aromatic heterocycles. The van der Waals surface area contributed by atoms with E-state index in [1.54, 1.807) is 0 Å². The molecule has 2 nitrogen and oxygen atoms in total. The first-order valence-corrected chi connectivity index (χ1v) is 5.72. The second kappa shape index (κ2) is 4.11. The van der Waals surface area contributed by atoms with Crippen molar-refractivity contribution in [1.29, 1.82) is 0 Å². The summed E-state index contributed by atoms with van der Waals surface area (Å²) in [6.07, 6.45) is 2.67. The molecular formula is C10H16N2S. The SMILES string of the molecule is CN(CC1CCCN1)c1cccs1. The number of hydrogen-bond acceptors (Lipinski definition) is 3. The quantitative estimate of drug-likeness (QED) is 0.794. The smallest absolute Gasteiger partial charge is 0.0906 e. The molecule has 0 aromatic carbocycles. The highest BCUT2D eigenvalue weighted by atomic mass is 32.1. The van der Waals surface area contributed by atoms with Gasteiger partial charge in [0.2, 0.25) is 0 Å². The molecule has 72 valence electrons. The minimum Gasteiger partial charge on any atom is -0.365 e. The van der Waals surface area contributed by atoms with Gasteiger partial charge < -0.3 is 10.2 Å². The van der Waals surface area contributed by atoms with Gasteiger partial charge in [0.25, 0.3) is 0 Å². The number of nitrogens with zero attached hydrogens (tertiary/aromatic N) is 1. The maximum absolute atomic E-state index is 3.51. The van der Waals surface area contributed by atoms with Crippen LogP contribution in [-0.4, -0.2) is 26.2 Å². The van der Waals surface area contributed by atoms with Crippen LogP contribution in [0.5, 0.6) is 0 Å². The molecule has 0 bridgehead atoms. The number of nitrogens with one attached hydrogen (secondary N) is 1. The van der Waals surface area contributed by atoms with Crippen LogP contribution in [0.1, 0.15) is 12.8 Å². The number of hydrogen-bond donors (Lipinski definition) is 1. The standard InChI is InChI=1S/C10H16N2S/c1-12(10-5-3-7-13-10)8-9-4-2-6-11-9/h3,5,7,9,11H,2,4,6,8H2,1H3. The molecule has 1 atom stereocenters. The third-order valence-electron chi connectivity index (χ3n) is 2.54. The van der Waals surface area contributed by atoms with E-state index in [-0.39, 0.29) is 0 Å². The molecule has 1 aliphatic rings. The number of rotatable bonds is 3. The Morgan fingerprint density at radius 1 is 1.69 bits per heavy atom. The van der Waals surface area contributed by atoms with Crippen LogP contribution in [0.3, 0.4) is 0 Å². The van der Waals surface area contributed by atoms with Crippen LogP contribution in [0.25, 0.3) is 0 Å². The van der Waals surface area contributed by atoms with Gasteiger partial charge in [0.1, 0.15) is 0 Å². The van der Waals surface area contributed by atoms with Gasteiger partial charge in [-0.1, -0.05) is 0 Å². The number of anilines is 1. The van der Waals surface area contributed by atoms with Crippen LogP contribution in [0, 0.1) is 0 Å². The first kappa shape index (κ1) is 9.03. The summed E-state index contributed by atoms with van der Waals surface area (Å²) in [5.74, 6) is 0. The summed E-state index contributed by atoms with van der Waals surface area (Å²) in [5.41, 5.74) is 0. The third-order valence-corrected chi connectivity index (χ3v) is 3.52. The number of thiophene rings is 1. The van der Waals surface area contributed by atoms with E-state index in [2.05, 4.69) is 34.8 Å². The molecule has 2 heterocycles. The molecule has 1 aliphatic heterocycles. The Hall–Kier alpha value is -0.540. The summed E-state index contributed by atoms with van der Waals surface area (Å²) in [4.78, 5) is 2.34. The first-order chi connectivity index (χ1) is 6.36. The summed E-state index contributed by atoms with van der Waals surface area (Å²) in [6, 6.07) is 4.99. The number of likely N-dealkylation sites (N-methyl/N-ethyl adjacent to an activating group) is 1. The summed E-state index contributed by atoms with van der Waals surface area (Å²) < 4.78 is 0. The predicted molar refractivity (Wildman–Crippen MR) is 58.6 cm³/mol. The molecule has 0 aliphatic carbocycles. The van der Waals surface area contributed by atoms with Crippen molar-refractivity contribution >= 4 is 16.3 Å². The molecule has 1 aromatic rings. The Morgan fingerprint density at radius 3 is 3.23 bits per heavy atom. The Bertz CT molecular complexity index is 239. The highest BCUT2D eigenvalue weighted by Crippen LogP contribution is 2.20. The maximum atomic E-state index is 3.51. The van der Waals surface area contributed by atoms with Crippen LogP contribution in [-0.2, 0) is 0 Å². The van der Waals surface area contributed by atoms with Crippen molar-refractivity contribution in [3.63, 3.8) is 0 Å². The lowest BCUT2D eigenvalue weighted by atomic mass is 10.2. The zero-order chi connectivity index (χ0) is 9.10. The van der Waals surface area contributed by atoms with Crippen molar-refractivity contribution in [2.75, 3.05) is 25.0 Å². The molecule has 1 fully saturated rings. The fourth-order valence-corrected chi connectivity index (χ4v) is 2.53. The van der Waals surface area contributed by atoms with Gasteiger partial charge in [-0.05, 0) is 36.9 Å². The zero-order valence-electron chi connectivity index (χ0n) is 7.99. The van der Waals surface area contributed by atoms with Gasteiger partial charge in [-0.3, -0.25) is 0 Å². The van der Waals surface area contributed by atoms with Gasteiger partial charge in [-0.2, -0.15) is 0 Å². The monoisotopic (exact) mass is 196 g/mol. The van der Waals surface area contributed by atoms with E-state index < -0.39 is 0 Å². The van der Waals surface area contributed by atoms with Crippen molar-refractivity contribution in [3.8, 4) is 0 Å². The Kier molecular flexibility index (Phi) is 2.86. The van der Waals surface area contributed by atoms with Crippen LogP contribution in [0.15, 0.2) is 17.5 Å². The lowest BCUT2D eigenvalue weighted by molar-refractivity contribution is 0.601. The normalized spacial score (nSPS) is 22.1. The summed E-state index contributed by atoms with van der Waals surface area (Å²) in [6.45, 7) is 2.34. The van der Waals surface area contributed by atoms with E-state index in [9.17, 15) is 0 Å². The first-order valence-electron chi connectivity index (χ1n) is 4.84. The summed E-state index contributed by atoms with van der Waals surface area (Å²) in [5, 5.41) is 7.01. The van der Waals surface area contributed by atoms with E-state index in [0.29, 0.717) is 6.04 Å². The van der Waals surface area contributed by atoms with Crippen molar-refractivity contribution in [1.82, 2.24) is 5.32 Å². The lowest BCUT2D eigenvalue weighted by Gasteiger charge is -2.21. The van der Waals surface area contributed by atoms with E-state index in [0.717, 1.165) is 6.54 Å². The van der Waals surface area contributed by atoms with Gasteiger partial charge in [0, 0.05) is 19.6 Å². The van der Waals surface area contributed by atoms with E-state index in [1.165, 1.54) is 24.4 Å². The average Bonchev–Trinajstić information content (AvgIpc) is 2.74. The minimum absolute atomic E-state index is 0.701. The molecule has 1 unspecified atom stereocenters. The highest BCUT2D eigenvalue weighted by molar-refractivity contribution is 7.14. The Labute approximate surface area is 83.6 Å². The minimum atomic E-state index is 0.701. The van der Waals surface area contributed by atoms with Gasteiger partial charge in [-0.15, -0.1) is 11.3 Å². The predicted octanol–water partition coefficient (Wildman–Crippen LogP) is 1.94. The molecule has 1 N–H and O–H groups in total. The van der Waals surface area contributed by atoms with Gasteiger partial charge >= 0.3 is 0 Å². The largest absolute Gasteiger partial charge is 0.365 e. The molecular weight excluding hydrogens is 180 g/mol. The molecule has 13 heavy (non-hydrogen) atoms.